The molecule has 55 heavy (non-hydrogen) atoms. The number of hydrogen-bond donors (Lipinski definition) is 2. The lowest BCUT2D eigenvalue weighted by Gasteiger charge is -2.38. The molecule has 0 spiro atoms. The fraction of sp³-hybridized carbons (Fsp3) is 0.333. The van der Waals surface area contributed by atoms with Crippen molar-refractivity contribution in [2.75, 3.05) is 19.1 Å². The van der Waals surface area contributed by atoms with Crippen LogP contribution in [0.25, 0.3) is 0 Å². The Labute approximate surface area is 348 Å². The van der Waals surface area contributed by atoms with Crippen LogP contribution in [-0.4, -0.2) is 70.1 Å². The number of benzene rings is 4. The highest BCUT2D eigenvalue weighted by Gasteiger charge is 2.39. The summed E-state index contributed by atoms with van der Waals surface area (Å²) < 4.78 is 44.8. The third kappa shape index (κ3) is 15.9. The number of piperazine rings is 1. The van der Waals surface area contributed by atoms with E-state index < -0.39 is 25.1 Å². The molecule has 4 atom stereocenters. The number of nitrogens with zero attached hydrogens (tertiary/aromatic N) is 1. The fourth-order valence-corrected chi connectivity index (χ4v) is 7.91. The molecule has 0 radical (unpaired) electrons. The zero-order valence-corrected chi connectivity index (χ0v) is 35.5. The van der Waals surface area contributed by atoms with Crippen molar-refractivity contribution in [1.82, 2.24) is 14.9 Å². The summed E-state index contributed by atoms with van der Waals surface area (Å²) in [5.74, 6) is -0.0802. The highest BCUT2D eigenvalue weighted by molar-refractivity contribution is 8.13. The number of hydrogen-bond acceptors (Lipinski definition) is 6. The summed E-state index contributed by atoms with van der Waals surface area (Å²) in [6, 6.07) is 29.1. The highest BCUT2D eigenvalue weighted by Crippen LogP contribution is 2.24. The topological polar surface area (TPSA) is 130 Å². The molecule has 2 saturated heterocycles. The molecule has 2 amide bonds. The Morgan fingerprint density at radius 3 is 1.27 bits per heavy atom. The van der Waals surface area contributed by atoms with Crippen molar-refractivity contribution in [2.24, 2.45) is 5.92 Å². The molecule has 296 valence electrons. The lowest BCUT2D eigenvalue weighted by molar-refractivity contribution is -0.128. The van der Waals surface area contributed by atoms with Gasteiger partial charge in [0.2, 0.25) is 30.9 Å². The van der Waals surface area contributed by atoms with Gasteiger partial charge in [0.25, 0.3) is 0 Å². The van der Waals surface area contributed by atoms with E-state index >= 15 is 0 Å². The number of nitrogens with one attached hydrogen (secondary N) is 2. The Bertz CT molecular complexity index is 2100. The minimum Gasteiger partial charge on any atom is -0.353 e. The normalized spacial score (nSPS) is 20.2. The van der Waals surface area contributed by atoms with Gasteiger partial charge in [-0.2, -0.15) is 4.31 Å². The first-order valence-corrected chi connectivity index (χ1v) is 23.3. The molecule has 2 aliphatic heterocycles. The van der Waals surface area contributed by atoms with Crippen molar-refractivity contribution < 1.29 is 26.4 Å². The molecular formula is C39H42Cl5N3O6S2. The molecule has 2 aliphatic rings. The van der Waals surface area contributed by atoms with E-state index in [4.69, 9.17) is 46.4 Å². The summed E-state index contributed by atoms with van der Waals surface area (Å²) in [6.07, 6.45) is 6.45. The largest absolute Gasteiger partial charge is 0.353 e. The summed E-state index contributed by atoms with van der Waals surface area (Å²) in [6.45, 7) is 0.228. The van der Waals surface area contributed by atoms with Crippen molar-refractivity contribution in [3.8, 4) is 0 Å². The first-order chi connectivity index (χ1) is 25.8. The van der Waals surface area contributed by atoms with Gasteiger partial charge in [-0.05, 0) is 109 Å². The van der Waals surface area contributed by atoms with Crippen molar-refractivity contribution in [1.29, 1.82) is 0 Å². The molecule has 6 rings (SSSR count). The van der Waals surface area contributed by atoms with Crippen LogP contribution in [0.3, 0.4) is 0 Å². The third-order valence-corrected chi connectivity index (χ3v) is 11.2. The average Bonchev–Trinajstić information content (AvgIpc) is 3.10. The second-order valence-corrected chi connectivity index (χ2v) is 20.3. The Hall–Kier alpha value is -2.87. The van der Waals surface area contributed by atoms with Gasteiger partial charge in [0.05, 0.1) is 12.5 Å². The van der Waals surface area contributed by atoms with Gasteiger partial charge in [-0.3, -0.25) is 9.59 Å². The van der Waals surface area contributed by atoms with Gasteiger partial charge in [-0.1, -0.05) is 94.9 Å². The number of carbonyl (C=O) groups excluding carboxylic acids is 2. The fourth-order valence-electron chi connectivity index (χ4n) is 6.33. The minimum absolute atomic E-state index is 0.0534. The molecule has 4 aromatic carbocycles. The van der Waals surface area contributed by atoms with Crippen LogP contribution in [-0.2, 0) is 54.3 Å². The Kier molecular flexibility index (Phi) is 16.7. The molecule has 0 unspecified atom stereocenters. The first-order valence-electron chi connectivity index (χ1n) is 17.3. The van der Waals surface area contributed by atoms with Crippen LogP contribution in [0.15, 0.2) is 97.1 Å². The zero-order valence-electron chi connectivity index (χ0n) is 30.1. The van der Waals surface area contributed by atoms with E-state index in [-0.39, 0.29) is 36.4 Å². The number of piperidine rings is 1. The van der Waals surface area contributed by atoms with Gasteiger partial charge < -0.3 is 10.6 Å². The van der Waals surface area contributed by atoms with Crippen LogP contribution in [0.2, 0.25) is 20.1 Å². The van der Waals surface area contributed by atoms with Gasteiger partial charge >= 0.3 is 0 Å². The van der Waals surface area contributed by atoms with E-state index in [1.54, 1.807) is 36.4 Å². The maximum atomic E-state index is 12.7. The van der Waals surface area contributed by atoms with Crippen LogP contribution in [0.4, 0.5) is 0 Å². The minimum atomic E-state index is -3.54. The van der Waals surface area contributed by atoms with Gasteiger partial charge in [-0.25, -0.2) is 16.8 Å². The molecule has 2 heterocycles. The van der Waals surface area contributed by atoms with E-state index in [0.717, 1.165) is 64.9 Å². The third-order valence-electron chi connectivity index (χ3n) is 8.93. The van der Waals surface area contributed by atoms with Gasteiger partial charge in [0, 0.05) is 55.3 Å². The number of amides is 2. The van der Waals surface area contributed by atoms with E-state index in [2.05, 4.69) is 21.3 Å². The molecule has 4 aromatic rings. The molecule has 2 N–H and O–H groups in total. The molecule has 16 heteroatoms. The molecule has 0 aliphatic carbocycles. The summed E-state index contributed by atoms with van der Waals surface area (Å²) in [5, 5.41) is 8.81. The quantitative estimate of drug-likeness (QED) is 0.165. The van der Waals surface area contributed by atoms with Crippen LogP contribution >= 0.6 is 57.1 Å². The summed E-state index contributed by atoms with van der Waals surface area (Å²) in [5.41, 5.74) is 4.19. The standard InChI is InChI=1S/C19H20Cl2N2O3S.C19H19Cl2NO.CH3ClO2S/c1-27(25,26)23-12-17(10-13-2-6-15(20)7-3-13)22-19(24)18(23)11-14-4-8-16(21)9-5-14;20-16-6-1-13(2-7-16)11-15-5-10-18(22-19(15)23)12-14-3-8-17(21)9-4-14;1-5(2,3)4/h2-9,17-18H,10-12H2,1H3,(H,22,24);1-4,6-9,15,18H,5,10-12H2,(H,22,23);1H3/t17-,18-;15-,18+;/m00./s1. The van der Waals surface area contributed by atoms with Crippen LogP contribution in [0.5, 0.6) is 0 Å². The van der Waals surface area contributed by atoms with Crippen molar-refractivity contribution >= 4 is 88.0 Å². The molecule has 0 bridgehead atoms. The molecule has 2 fully saturated rings. The number of halogens is 5. The molecule has 0 saturated carbocycles. The maximum Gasteiger partial charge on any atom is 0.239 e. The zero-order chi connectivity index (χ0) is 40.3. The lowest BCUT2D eigenvalue weighted by Crippen LogP contribution is -2.62. The summed E-state index contributed by atoms with van der Waals surface area (Å²) in [4.78, 5) is 25.1. The van der Waals surface area contributed by atoms with E-state index in [9.17, 15) is 26.4 Å². The number of rotatable bonds is 9. The highest BCUT2D eigenvalue weighted by atomic mass is 35.7. The smallest absolute Gasteiger partial charge is 0.239 e. The van der Waals surface area contributed by atoms with E-state index in [1.807, 2.05) is 60.7 Å². The Morgan fingerprint density at radius 2 is 0.891 bits per heavy atom. The van der Waals surface area contributed by atoms with Gasteiger partial charge in [-0.15, -0.1) is 0 Å². The predicted molar refractivity (Wildman–Crippen MR) is 223 cm³/mol. The lowest BCUT2D eigenvalue weighted by atomic mass is 9.87. The predicted octanol–water partition coefficient (Wildman–Crippen LogP) is 7.77. The van der Waals surface area contributed by atoms with Crippen molar-refractivity contribution in [3.63, 3.8) is 0 Å². The average molecular weight is 890 g/mol. The maximum absolute atomic E-state index is 12.7. The number of carbonyl (C=O) groups is 2. The molecular weight excluding hydrogens is 848 g/mol. The van der Waals surface area contributed by atoms with E-state index in [1.165, 1.54) is 9.87 Å². The van der Waals surface area contributed by atoms with Crippen LogP contribution < -0.4 is 10.6 Å². The summed E-state index contributed by atoms with van der Waals surface area (Å²) in [7, 11) is -2.23. The van der Waals surface area contributed by atoms with Gasteiger partial charge in [0.15, 0.2) is 0 Å². The van der Waals surface area contributed by atoms with Gasteiger partial charge in [0.1, 0.15) is 6.04 Å². The second-order valence-electron chi connectivity index (χ2n) is 13.5. The van der Waals surface area contributed by atoms with E-state index in [0.29, 0.717) is 22.9 Å². The SMILES string of the molecule is CS(=O)(=O)Cl.CS(=O)(=O)N1C[C@H](Cc2ccc(Cl)cc2)NC(=O)[C@@H]1Cc1ccc(Cl)cc1.O=C1N[C@@H](Cc2ccc(Cl)cc2)CC[C@H]1Cc1ccc(Cl)cc1. The molecule has 9 nitrogen and oxygen atoms in total. The van der Waals surface area contributed by atoms with Crippen LogP contribution in [0, 0.1) is 5.92 Å². The van der Waals surface area contributed by atoms with Crippen molar-refractivity contribution in [3.05, 3.63) is 139 Å². The van der Waals surface area contributed by atoms with Crippen LogP contribution in [0.1, 0.15) is 35.1 Å². The molecule has 0 aromatic heterocycles. The summed E-state index contributed by atoms with van der Waals surface area (Å²) >= 11 is 23.6. The Balaban J connectivity index is 0.000000220. The second kappa shape index (κ2) is 20.5. The monoisotopic (exact) mass is 887 g/mol. The Morgan fingerprint density at radius 1 is 0.545 bits per heavy atom. The number of sulfonamides is 1. The first kappa shape index (κ1) is 44.8. The van der Waals surface area contributed by atoms with Crippen molar-refractivity contribution in [2.45, 2.75) is 56.7 Å².